The van der Waals surface area contributed by atoms with Crippen LogP contribution in [-0.2, 0) is 9.53 Å². The van der Waals surface area contributed by atoms with Crippen molar-refractivity contribution in [3.8, 4) is 0 Å². The average Bonchev–Trinajstić information content (AvgIpc) is 2.24. The van der Waals surface area contributed by atoms with E-state index in [0.29, 0.717) is 25.5 Å². The molecule has 0 spiro atoms. The number of carbonyl (C=O) groups excluding carboxylic acids is 1. The minimum absolute atomic E-state index is 0.00701. The molecule has 17 heavy (non-hydrogen) atoms. The van der Waals surface area contributed by atoms with Crippen LogP contribution in [0.15, 0.2) is 0 Å². The summed E-state index contributed by atoms with van der Waals surface area (Å²) in [7, 11) is 1.55. The van der Waals surface area contributed by atoms with E-state index in [1.54, 1.807) is 7.11 Å². The van der Waals surface area contributed by atoms with E-state index in [0.717, 1.165) is 0 Å². The van der Waals surface area contributed by atoms with E-state index < -0.39 is 6.10 Å². The normalized spacial score (nSPS) is 14.7. The van der Waals surface area contributed by atoms with Gasteiger partial charge in [0, 0.05) is 13.2 Å². The number of ether oxygens (including phenoxy) is 1. The molecule has 0 fully saturated rings. The molecule has 5 heteroatoms. The number of hydrogen-bond donors (Lipinski definition) is 3. The van der Waals surface area contributed by atoms with Gasteiger partial charge in [0.2, 0.25) is 5.91 Å². The van der Waals surface area contributed by atoms with Gasteiger partial charge in [-0.05, 0) is 25.8 Å². The standard InChI is InChI=1S/C12H26N2O3/c1-9(2)10(3)14-12(16)7-13-6-5-11(15)8-17-4/h9-11,13,15H,5-8H2,1-4H3,(H,14,16). The molecule has 0 saturated heterocycles. The van der Waals surface area contributed by atoms with Gasteiger partial charge in [-0.1, -0.05) is 13.8 Å². The molecule has 3 N–H and O–H groups in total. The molecule has 1 amide bonds. The Balaban J connectivity index is 3.51. The highest BCUT2D eigenvalue weighted by molar-refractivity contribution is 5.78. The molecule has 0 saturated carbocycles. The van der Waals surface area contributed by atoms with Gasteiger partial charge in [0.1, 0.15) is 0 Å². The first-order valence-corrected chi connectivity index (χ1v) is 6.14. The molecule has 0 aromatic heterocycles. The molecule has 0 bridgehead atoms. The van der Waals surface area contributed by atoms with E-state index in [1.165, 1.54) is 0 Å². The van der Waals surface area contributed by atoms with Gasteiger partial charge in [0.05, 0.1) is 19.3 Å². The van der Waals surface area contributed by atoms with Crippen molar-refractivity contribution >= 4 is 5.91 Å². The first-order valence-electron chi connectivity index (χ1n) is 6.14. The van der Waals surface area contributed by atoms with Crippen LogP contribution in [0.25, 0.3) is 0 Å². The van der Waals surface area contributed by atoms with Crippen LogP contribution in [0.2, 0.25) is 0 Å². The number of aliphatic hydroxyl groups excluding tert-OH is 1. The number of aliphatic hydroxyl groups is 1. The Morgan fingerprint density at radius 2 is 2.00 bits per heavy atom. The maximum absolute atomic E-state index is 11.5. The smallest absolute Gasteiger partial charge is 0.234 e. The van der Waals surface area contributed by atoms with Crippen molar-refractivity contribution in [2.75, 3.05) is 26.8 Å². The van der Waals surface area contributed by atoms with Crippen molar-refractivity contribution in [1.29, 1.82) is 0 Å². The number of amides is 1. The lowest BCUT2D eigenvalue weighted by Gasteiger charge is -2.17. The SMILES string of the molecule is COCC(O)CCNCC(=O)NC(C)C(C)C. The minimum Gasteiger partial charge on any atom is -0.391 e. The zero-order valence-corrected chi connectivity index (χ0v) is 11.3. The lowest BCUT2D eigenvalue weighted by atomic mass is 10.1. The van der Waals surface area contributed by atoms with Gasteiger partial charge in [-0.3, -0.25) is 4.79 Å². The van der Waals surface area contributed by atoms with E-state index in [-0.39, 0.29) is 18.5 Å². The van der Waals surface area contributed by atoms with Crippen LogP contribution in [0.5, 0.6) is 0 Å². The Morgan fingerprint density at radius 1 is 1.35 bits per heavy atom. The van der Waals surface area contributed by atoms with Gasteiger partial charge in [-0.15, -0.1) is 0 Å². The first kappa shape index (κ1) is 16.4. The van der Waals surface area contributed by atoms with Gasteiger partial charge >= 0.3 is 0 Å². The molecule has 0 rings (SSSR count). The van der Waals surface area contributed by atoms with Crippen LogP contribution in [0, 0.1) is 5.92 Å². The van der Waals surface area contributed by atoms with E-state index in [1.807, 2.05) is 6.92 Å². The number of nitrogens with one attached hydrogen (secondary N) is 2. The minimum atomic E-state index is -0.467. The maximum Gasteiger partial charge on any atom is 0.234 e. The number of rotatable bonds is 9. The van der Waals surface area contributed by atoms with Crippen molar-refractivity contribution in [2.24, 2.45) is 5.92 Å². The van der Waals surface area contributed by atoms with Crippen LogP contribution < -0.4 is 10.6 Å². The zero-order valence-electron chi connectivity index (χ0n) is 11.3. The number of hydrogen-bond acceptors (Lipinski definition) is 4. The maximum atomic E-state index is 11.5. The van der Waals surface area contributed by atoms with Crippen molar-refractivity contribution in [1.82, 2.24) is 10.6 Å². The summed E-state index contributed by atoms with van der Waals surface area (Å²) in [6.07, 6.45) is 0.117. The zero-order chi connectivity index (χ0) is 13.3. The summed E-state index contributed by atoms with van der Waals surface area (Å²) in [5, 5.41) is 15.3. The van der Waals surface area contributed by atoms with Crippen LogP contribution in [0.1, 0.15) is 27.2 Å². The van der Waals surface area contributed by atoms with Crippen molar-refractivity contribution < 1.29 is 14.6 Å². The largest absolute Gasteiger partial charge is 0.391 e. The highest BCUT2D eigenvalue weighted by Crippen LogP contribution is 1.98. The Kier molecular flexibility index (Phi) is 9.03. The fourth-order valence-corrected chi connectivity index (χ4v) is 1.22. The Morgan fingerprint density at radius 3 is 2.53 bits per heavy atom. The predicted molar refractivity (Wildman–Crippen MR) is 67.8 cm³/mol. The Hall–Kier alpha value is -0.650. The van der Waals surface area contributed by atoms with E-state index >= 15 is 0 Å². The molecule has 2 unspecified atom stereocenters. The second-order valence-corrected chi connectivity index (χ2v) is 4.67. The molecule has 0 aromatic rings. The van der Waals surface area contributed by atoms with E-state index in [2.05, 4.69) is 24.5 Å². The first-order chi connectivity index (χ1) is 7.97. The lowest BCUT2D eigenvalue weighted by Crippen LogP contribution is -2.41. The molecule has 0 aliphatic rings. The van der Waals surface area contributed by atoms with E-state index in [4.69, 9.17) is 4.74 Å². The fraction of sp³-hybridized carbons (Fsp3) is 0.917. The Labute approximate surface area is 104 Å². The van der Waals surface area contributed by atoms with E-state index in [9.17, 15) is 9.90 Å². The summed E-state index contributed by atoms with van der Waals surface area (Å²) < 4.78 is 4.80. The highest BCUT2D eigenvalue weighted by atomic mass is 16.5. The summed E-state index contributed by atoms with van der Waals surface area (Å²) in [6, 6.07) is 0.184. The van der Waals surface area contributed by atoms with Crippen LogP contribution in [-0.4, -0.2) is 50.0 Å². The molecule has 0 heterocycles. The second kappa shape index (κ2) is 9.39. The molecular weight excluding hydrogens is 220 g/mol. The van der Waals surface area contributed by atoms with Gasteiger partial charge < -0.3 is 20.5 Å². The van der Waals surface area contributed by atoms with Gasteiger partial charge in [0.15, 0.2) is 0 Å². The summed E-state index contributed by atoms with van der Waals surface area (Å²) in [6.45, 7) is 7.35. The van der Waals surface area contributed by atoms with Crippen molar-refractivity contribution in [2.45, 2.75) is 39.3 Å². The molecular formula is C12H26N2O3. The molecule has 0 radical (unpaired) electrons. The molecule has 5 nitrogen and oxygen atoms in total. The summed E-state index contributed by atoms with van der Waals surface area (Å²) in [5.41, 5.74) is 0. The summed E-state index contributed by atoms with van der Waals surface area (Å²) >= 11 is 0. The van der Waals surface area contributed by atoms with Crippen molar-refractivity contribution in [3.63, 3.8) is 0 Å². The lowest BCUT2D eigenvalue weighted by molar-refractivity contribution is -0.121. The number of carbonyl (C=O) groups is 1. The predicted octanol–water partition coefficient (Wildman–Crippen LogP) is 0.134. The van der Waals surface area contributed by atoms with Crippen LogP contribution in [0.4, 0.5) is 0 Å². The molecule has 0 aliphatic heterocycles. The topological polar surface area (TPSA) is 70.6 Å². The van der Waals surface area contributed by atoms with Gasteiger partial charge in [-0.2, -0.15) is 0 Å². The monoisotopic (exact) mass is 246 g/mol. The van der Waals surface area contributed by atoms with Crippen molar-refractivity contribution in [3.05, 3.63) is 0 Å². The third-order valence-corrected chi connectivity index (χ3v) is 2.69. The molecule has 2 atom stereocenters. The molecule has 102 valence electrons. The van der Waals surface area contributed by atoms with Gasteiger partial charge in [0.25, 0.3) is 0 Å². The highest BCUT2D eigenvalue weighted by Gasteiger charge is 2.10. The quantitative estimate of drug-likeness (QED) is 0.506. The number of methoxy groups -OCH3 is 1. The fourth-order valence-electron chi connectivity index (χ4n) is 1.22. The third kappa shape index (κ3) is 9.09. The summed E-state index contributed by atoms with van der Waals surface area (Å²) in [4.78, 5) is 11.5. The Bertz CT molecular complexity index is 210. The third-order valence-electron chi connectivity index (χ3n) is 2.69. The molecule has 0 aromatic carbocycles. The van der Waals surface area contributed by atoms with Crippen LogP contribution in [0.3, 0.4) is 0 Å². The second-order valence-electron chi connectivity index (χ2n) is 4.67. The summed E-state index contributed by atoms with van der Waals surface area (Å²) in [5.74, 6) is 0.426. The molecule has 0 aliphatic carbocycles. The average molecular weight is 246 g/mol. The van der Waals surface area contributed by atoms with Crippen LogP contribution >= 0.6 is 0 Å². The van der Waals surface area contributed by atoms with Gasteiger partial charge in [-0.25, -0.2) is 0 Å².